The lowest BCUT2D eigenvalue weighted by Gasteiger charge is -2.11. The normalized spacial score (nSPS) is 10.4. The second-order valence-electron chi connectivity index (χ2n) is 5.30. The number of carbonyl (C=O) groups excluding carboxylic acids is 1. The number of nitrogens with one attached hydrogen (secondary N) is 1. The van der Waals surface area contributed by atoms with Crippen LogP contribution in [-0.2, 0) is 4.79 Å². The summed E-state index contributed by atoms with van der Waals surface area (Å²) in [6.07, 6.45) is 0. The average Bonchev–Trinajstić information content (AvgIpc) is 3.09. The highest BCUT2D eigenvalue weighted by Crippen LogP contribution is 2.32. The number of nitriles is 1. The Labute approximate surface area is 164 Å². The van der Waals surface area contributed by atoms with Crippen LogP contribution in [0.15, 0.2) is 53.7 Å². The number of nitrogens with zero attached hydrogens (tertiary/aromatic N) is 4. The molecule has 0 spiro atoms. The zero-order valence-electron chi connectivity index (χ0n) is 13.9. The number of rotatable bonds is 6. The second kappa shape index (κ2) is 8.66. The molecule has 1 heterocycles. The fraction of sp³-hybridized carbons (Fsp3) is 0.111. The van der Waals surface area contributed by atoms with Crippen LogP contribution in [0.1, 0.15) is 0 Å². The summed E-state index contributed by atoms with van der Waals surface area (Å²) in [6.45, 7) is -0.0791. The molecule has 27 heavy (non-hydrogen) atoms. The Kier molecular flexibility index (Phi) is 6.06. The predicted octanol–water partition coefficient (Wildman–Crippen LogP) is 3.46. The molecule has 0 unspecified atom stereocenters. The number of halogens is 2. The highest BCUT2D eigenvalue weighted by Gasteiger charge is 2.20. The van der Waals surface area contributed by atoms with Crippen molar-refractivity contribution in [3.8, 4) is 23.1 Å². The molecule has 1 aromatic heterocycles. The van der Waals surface area contributed by atoms with Gasteiger partial charge in [0, 0.05) is 5.56 Å². The van der Waals surface area contributed by atoms with Crippen molar-refractivity contribution in [1.82, 2.24) is 20.1 Å². The molecule has 0 aliphatic rings. The van der Waals surface area contributed by atoms with Crippen LogP contribution in [0.4, 0.5) is 4.39 Å². The van der Waals surface area contributed by atoms with Crippen LogP contribution in [0.3, 0.4) is 0 Å². The van der Waals surface area contributed by atoms with Gasteiger partial charge in [0.2, 0.25) is 5.91 Å². The quantitative estimate of drug-likeness (QED) is 0.505. The number of carbonyl (C=O) groups is 1. The molecule has 1 N–H and O–H groups in total. The maximum atomic E-state index is 14.5. The smallest absolute Gasteiger partial charge is 0.231 e. The maximum Gasteiger partial charge on any atom is 0.231 e. The monoisotopic (exact) mass is 401 g/mol. The van der Waals surface area contributed by atoms with E-state index in [1.807, 2.05) is 6.07 Å². The zero-order valence-corrected chi connectivity index (χ0v) is 15.5. The van der Waals surface area contributed by atoms with Crippen molar-refractivity contribution in [3.63, 3.8) is 0 Å². The van der Waals surface area contributed by atoms with Crippen LogP contribution in [-0.4, -0.2) is 33.0 Å². The van der Waals surface area contributed by atoms with Gasteiger partial charge in [0.05, 0.1) is 22.5 Å². The van der Waals surface area contributed by atoms with E-state index in [0.29, 0.717) is 21.6 Å². The van der Waals surface area contributed by atoms with E-state index in [1.54, 1.807) is 42.5 Å². The summed E-state index contributed by atoms with van der Waals surface area (Å²) < 4.78 is 16.0. The summed E-state index contributed by atoms with van der Waals surface area (Å²) in [5.74, 6) is -0.410. The van der Waals surface area contributed by atoms with Crippen molar-refractivity contribution in [2.45, 2.75) is 5.16 Å². The Hall–Kier alpha value is -2.89. The molecule has 0 aliphatic carbocycles. The molecule has 136 valence electrons. The van der Waals surface area contributed by atoms with Gasteiger partial charge in [-0.2, -0.15) is 5.26 Å². The third kappa shape index (κ3) is 4.27. The summed E-state index contributed by atoms with van der Waals surface area (Å²) in [7, 11) is 0. The minimum atomic E-state index is -0.457. The van der Waals surface area contributed by atoms with Crippen LogP contribution in [0.5, 0.6) is 0 Å². The van der Waals surface area contributed by atoms with E-state index in [9.17, 15) is 9.18 Å². The lowest BCUT2D eigenvalue weighted by Crippen LogP contribution is -2.25. The zero-order chi connectivity index (χ0) is 19.2. The Bertz CT molecular complexity index is 1020. The van der Waals surface area contributed by atoms with E-state index in [0.717, 1.165) is 11.8 Å². The van der Waals surface area contributed by atoms with Crippen LogP contribution < -0.4 is 5.32 Å². The van der Waals surface area contributed by atoms with Gasteiger partial charge in [-0.05, 0) is 24.3 Å². The van der Waals surface area contributed by atoms with E-state index in [1.165, 1.54) is 10.6 Å². The number of aromatic nitrogens is 3. The van der Waals surface area contributed by atoms with Crippen molar-refractivity contribution in [1.29, 1.82) is 5.26 Å². The molecule has 1 amide bonds. The SMILES string of the molecule is N#CCNC(=O)CSc1nnc(-c2ccccc2Cl)n1-c1ccccc1F. The van der Waals surface area contributed by atoms with Crippen LogP contribution >= 0.6 is 23.4 Å². The first-order chi connectivity index (χ1) is 13.1. The van der Waals surface area contributed by atoms with E-state index >= 15 is 0 Å². The first kappa shape index (κ1) is 18.9. The minimum Gasteiger partial charge on any atom is -0.342 e. The van der Waals surface area contributed by atoms with Gasteiger partial charge in [-0.3, -0.25) is 9.36 Å². The first-order valence-electron chi connectivity index (χ1n) is 7.83. The molecule has 0 saturated heterocycles. The summed E-state index contributed by atoms with van der Waals surface area (Å²) in [5.41, 5.74) is 0.841. The fourth-order valence-electron chi connectivity index (χ4n) is 2.35. The van der Waals surface area contributed by atoms with Gasteiger partial charge in [-0.1, -0.05) is 47.6 Å². The Morgan fingerprint density at radius 3 is 2.70 bits per heavy atom. The lowest BCUT2D eigenvalue weighted by atomic mass is 10.2. The van der Waals surface area contributed by atoms with Crippen molar-refractivity contribution in [2.75, 3.05) is 12.3 Å². The van der Waals surface area contributed by atoms with Gasteiger partial charge in [-0.25, -0.2) is 4.39 Å². The Morgan fingerprint density at radius 1 is 1.22 bits per heavy atom. The molecule has 0 aliphatic heterocycles. The lowest BCUT2D eigenvalue weighted by molar-refractivity contribution is -0.118. The second-order valence-corrected chi connectivity index (χ2v) is 6.65. The molecule has 0 atom stereocenters. The van der Waals surface area contributed by atoms with Gasteiger partial charge in [0.25, 0.3) is 0 Å². The predicted molar refractivity (Wildman–Crippen MR) is 101 cm³/mol. The van der Waals surface area contributed by atoms with Gasteiger partial charge >= 0.3 is 0 Å². The summed E-state index contributed by atoms with van der Waals surface area (Å²) >= 11 is 7.36. The fourth-order valence-corrected chi connectivity index (χ4v) is 3.34. The van der Waals surface area contributed by atoms with Gasteiger partial charge in [0.1, 0.15) is 12.4 Å². The number of hydrogen-bond donors (Lipinski definition) is 1. The molecule has 2 aromatic carbocycles. The number of amides is 1. The molecule has 3 aromatic rings. The summed E-state index contributed by atoms with van der Waals surface area (Å²) in [4.78, 5) is 11.8. The Balaban J connectivity index is 2.02. The number of hydrogen-bond acceptors (Lipinski definition) is 5. The number of thioether (sulfide) groups is 1. The van der Waals surface area contributed by atoms with Crippen molar-refractivity contribution >= 4 is 29.3 Å². The average molecular weight is 402 g/mol. The van der Waals surface area contributed by atoms with E-state index in [4.69, 9.17) is 16.9 Å². The molecule has 0 fully saturated rings. The standard InChI is InChI=1S/C18H13ClFN5OS/c19-13-6-2-1-5-12(13)17-23-24-18(27-11-16(26)22-10-9-21)25(17)15-8-4-3-7-14(15)20/h1-8H,10-11H2,(H,22,26). The summed E-state index contributed by atoms with van der Waals surface area (Å²) in [6, 6.07) is 15.1. The molecule has 9 heteroatoms. The number of para-hydroxylation sites is 1. The van der Waals surface area contributed by atoms with E-state index in [2.05, 4.69) is 15.5 Å². The molecule has 6 nitrogen and oxygen atoms in total. The summed E-state index contributed by atoms with van der Waals surface area (Å²) in [5, 5.41) is 20.0. The molecule has 0 radical (unpaired) electrons. The number of benzene rings is 2. The van der Waals surface area contributed by atoms with Crippen molar-refractivity contribution < 1.29 is 9.18 Å². The molecule has 0 saturated carbocycles. The van der Waals surface area contributed by atoms with Crippen LogP contribution in [0.25, 0.3) is 17.1 Å². The maximum absolute atomic E-state index is 14.5. The van der Waals surface area contributed by atoms with Crippen molar-refractivity contribution in [3.05, 3.63) is 59.4 Å². The molecular formula is C18H13ClFN5OS. The third-order valence-electron chi connectivity index (χ3n) is 3.54. The van der Waals surface area contributed by atoms with E-state index < -0.39 is 5.82 Å². The molecule has 3 rings (SSSR count). The first-order valence-corrected chi connectivity index (χ1v) is 9.20. The van der Waals surface area contributed by atoms with Gasteiger partial charge < -0.3 is 5.32 Å². The molecule has 0 bridgehead atoms. The highest BCUT2D eigenvalue weighted by molar-refractivity contribution is 7.99. The van der Waals surface area contributed by atoms with Crippen molar-refractivity contribution in [2.24, 2.45) is 0 Å². The van der Waals surface area contributed by atoms with Gasteiger partial charge in [0.15, 0.2) is 11.0 Å². The molecular weight excluding hydrogens is 389 g/mol. The minimum absolute atomic E-state index is 0.0107. The van der Waals surface area contributed by atoms with Gasteiger partial charge in [-0.15, -0.1) is 10.2 Å². The third-order valence-corrected chi connectivity index (χ3v) is 4.80. The van der Waals surface area contributed by atoms with Crippen LogP contribution in [0.2, 0.25) is 5.02 Å². The topological polar surface area (TPSA) is 83.6 Å². The largest absolute Gasteiger partial charge is 0.342 e. The van der Waals surface area contributed by atoms with Crippen LogP contribution in [0, 0.1) is 17.1 Å². The highest BCUT2D eigenvalue weighted by atomic mass is 35.5. The van der Waals surface area contributed by atoms with E-state index in [-0.39, 0.29) is 23.9 Å². The Morgan fingerprint density at radius 2 is 1.96 bits per heavy atom.